The molecule has 1 aliphatic heterocycles. The monoisotopic (exact) mass is 412 g/mol. The van der Waals surface area contributed by atoms with Crippen molar-refractivity contribution >= 4 is 41.2 Å². The first-order chi connectivity index (χ1) is 13.9. The Morgan fingerprint density at radius 2 is 1.59 bits per heavy atom. The Balaban J connectivity index is 1.82. The van der Waals surface area contributed by atoms with E-state index >= 15 is 0 Å². The lowest BCUT2D eigenvalue weighted by atomic mass is 10.1. The Labute approximate surface area is 171 Å². The molecule has 29 heavy (non-hydrogen) atoms. The molecule has 2 N–H and O–H groups in total. The molecular weight excluding hydrogens is 396 g/mol. The van der Waals surface area contributed by atoms with E-state index in [1.807, 2.05) is 0 Å². The zero-order valence-electron chi connectivity index (χ0n) is 15.5. The van der Waals surface area contributed by atoms with Crippen LogP contribution in [0.4, 0.5) is 0 Å². The van der Waals surface area contributed by atoms with Gasteiger partial charge in [-0.15, -0.1) is 0 Å². The summed E-state index contributed by atoms with van der Waals surface area (Å²) in [6.07, 6.45) is 1.38. The molecule has 0 aromatic heterocycles. The van der Waals surface area contributed by atoms with Crippen LogP contribution in [0.1, 0.15) is 15.9 Å². The molecule has 2 aromatic carbocycles. The summed E-state index contributed by atoms with van der Waals surface area (Å²) in [6.45, 7) is 0. The van der Waals surface area contributed by atoms with Gasteiger partial charge in [-0.1, -0.05) is 6.07 Å². The van der Waals surface area contributed by atoms with E-state index in [2.05, 4.69) is 10.6 Å². The Kier molecular flexibility index (Phi) is 5.89. The zero-order chi connectivity index (χ0) is 21.0. The molecule has 1 aliphatic rings. The lowest BCUT2D eigenvalue weighted by molar-refractivity contribution is -0.123. The number of carbonyl (C=O) groups excluding carboxylic acids is 3. The van der Waals surface area contributed by atoms with Gasteiger partial charge in [0.15, 0.2) is 16.6 Å². The minimum Gasteiger partial charge on any atom is -0.497 e. The van der Waals surface area contributed by atoms with Crippen molar-refractivity contribution < 1.29 is 28.6 Å². The Morgan fingerprint density at radius 3 is 2.17 bits per heavy atom. The van der Waals surface area contributed by atoms with Crippen molar-refractivity contribution in [3.8, 4) is 17.2 Å². The molecule has 0 atom stereocenters. The summed E-state index contributed by atoms with van der Waals surface area (Å²) in [7, 11) is 2.94. The van der Waals surface area contributed by atoms with E-state index in [1.54, 1.807) is 30.3 Å². The van der Waals surface area contributed by atoms with E-state index in [0.717, 1.165) is 0 Å². The van der Waals surface area contributed by atoms with E-state index in [1.165, 1.54) is 32.4 Å². The number of carbonyl (C=O) groups is 3. The average Bonchev–Trinajstić information content (AvgIpc) is 2.71. The van der Waals surface area contributed by atoms with E-state index in [-0.39, 0.29) is 22.2 Å². The summed E-state index contributed by atoms with van der Waals surface area (Å²) >= 11 is 4.76. The van der Waals surface area contributed by atoms with Gasteiger partial charge in [0, 0.05) is 0 Å². The maximum atomic E-state index is 12.4. The predicted octanol–water partition coefficient (Wildman–Crippen LogP) is 1.84. The fraction of sp³-hybridized carbons (Fsp3) is 0.100. The van der Waals surface area contributed by atoms with Crippen molar-refractivity contribution in [2.45, 2.75) is 0 Å². The Hall–Kier alpha value is -3.72. The van der Waals surface area contributed by atoms with Gasteiger partial charge in [0.25, 0.3) is 11.8 Å². The van der Waals surface area contributed by atoms with Crippen LogP contribution in [-0.2, 0) is 9.59 Å². The summed E-state index contributed by atoms with van der Waals surface area (Å²) in [5.74, 6) is -0.715. The minimum atomic E-state index is -0.604. The van der Waals surface area contributed by atoms with Crippen LogP contribution in [0.15, 0.2) is 48.0 Å². The maximum absolute atomic E-state index is 12.4. The molecule has 1 heterocycles. The molecule has 0 saturated carbocycles. The number of ether oxygens (including phenoxy) is 3. The van der Waals surface area contributed by atoms with Gasteiger partial charge in [-0.25, -0.2) is 4.79 Å². The molecule has 148 valence electrons. The van der Waals surface area contributed by atoms with Crippen molar-refractivity contribution in [3.63, 3.8) is 0 Å². The smallest absolute Gasteiger partial charge is 0.343 e. The van der Waals surface area contributed by atoms with Crippen LogP contribution >= 0.6 is 12.2 Å². The predicted molar refractivity (Wildman–Crippen MR) is 108 cm³/mol. The van der Waals surface area contributed by atoms with Crippen LogP contribution in [0.3, 0.4) is 0 Å². The van der Waals surface area contributed by atoms with Crippen molar-refractivity contribution in [2.75, 3.05) is 14.2 Å². The lowest BCUT2D eigenvalue weighted by Crippen LogP contribution is -2.51. The third-order valence-corrected chi connectivity index (χ3v) is 4.17. The number of esters is 1. The number of hydrogen-bond donors (Lipinski definition) is 2. The van der Waals surface area contributed by atoms with E-state index < -0.39 is 17.8 Å². The average molecular weight is 412 g/mol. The Morgan fingerprint density at radius 1 is 0.931 bits per heavy atom. The molecule has 0 radical (unpaired) electrons. The number of thiocarbonyl (C=S) groups is 1. The molecule has 0 unspecified atom stereocenters. The quantitative estimate of drug-likeness (QED) is 0.254. The highest BCUT2D eigenvalue weighted by Gasteiger charge is 2.25. The summed E-state index contributed by atoms with van der Waals surface area (Å²) < 4.78 is 15.7. The highest BCUT2D eigenvalue weighted by atomic mass is 32.1. The summed E-state index contributed by atoms with van der Waals surface area (Å²) in [6, 6.07) is 11.1. The number of benzene rings is 2. The van der Waals surface area contributed by atoms with E-state index in [4.69, 9.17) is 26.4 Å². The number of hydrogen-bond acceptors (Lipinski definition) is 7. The fourth-order valence-electron chi connectivity index (χ4n) is 2.52. The summed E-state index contributed by atoms with van der Waals surface area (Å²) in [4.78, 5) is 36.3. The molecule has 0 bridgehead atoms. The van der Waals surface area contributed by atoms with Crippen LogP contribution in [0.2, 0.25) is 0 Å². The van der Waals surface area contributed by atoms with Crippen LogP contribution in [-0.4, -0.2) is 37.1 Å². The van der Waals surface area contributed by atoms with Crippen molar-refractivity contribution in [1.82, 2.24) is 10.6 Å². The van der Waals surface area contributed by atoms with Crippen molar-refractivity contribution in [1.29, 1.82) is 0 Å². The van der Waals surface area contributed by atoms with Crippen molar-refractivity contribution in [2.24, 2.45) is 0 Å². The SMILES string of the molecule is COc1ccc(C(=O)Oc2ccc(C=C3C(=O)NC(=S)NC3=O)cc2OC)cc1. The maximum Gasteiger partial charge on any atom is 0.343 e. The number of nitrogens with one attached hydrogen (secondary N) is 2. The molecule has 0 spiro atoms. The first kappa shape index (κ1) is 20.0. The van der Waals surface area contributed by atoms with E-state index in [9.17, 15) is 14.4 Å². The second kappa shape index (κ2) is 8.53. The van der Waals surface area contributed by atoms with Crippen LogP contribution in [0.5, 0.6) is 17.2 Å². The first-order valence-electron chi connectivity index (χ1n) is 8.34. The first-order valence-corrected chi connectivity index (χ1v) is 8.74. The number of amides is 2. The zero-order valence-corrected chi connectivity index (χ0v) is 16.3. The summed E-state index contributed by atoms with van der Waals surface area (Å²) in [5, 5.41) is 4.66. The molecule has 1 fully saturated rings. The van der Waals surface area contributed by atoms with Gasteiger partial charge in [-0.05, 0) is 60.3 Å². The molecule has 2 amide bonds. The lowest BCUT2D eigenvalue weighted by Gasteiger charge is -2.16. The largest absolute Gasteiger partial charge is 0.497 e. The van der Waals surface area contributed by atoms with Crippen LogP contribution < -0.4 is 24.8 Å². The fourth-order valence-corrected chi connectivity index (χ4v) is 2.70. The molecule has 9 heteroatoms. The highest BCUT2D eigenvalue weighted by Crippen LogP contribution is 2.30. The molecule has 3 rings (SSSR count). The normalized spacial score (nSPS) is 13.3. The van der Waals surface area contributed by atoms with Crippen LogP contribution in [0, 0.1) is 0 Å². The molecule has 1 saturated heterocycles. The summed E-state index contributed by atoms with van der Waals surface area (Å²) in [5.41, 5.74) is 0.730. The molecular formula is C20H16N2O6S. The standard InChI is InChI=1S/C20H16N2O6S/c1-26-13-6-4-12(5-7-13)19(25)28-15-8-3-11(10-16(15)27-2)9-14-17(23)21-20(29)22-18(14)24/h3-10H,1-2H3,(H2,21,22,23,24,29). The van der Waals surface area contributed by atoms with Gasteiger partial charge >= 0.3 is 5.97 Å². The second-order valence-electron chi connectivity index (χ2n) is 5.82. The van der Waals surface area contributed by atoms with Gasteiger partial charge in [0.1, 0.15) is 11.3 Å². The molecule has 0 aliphatic carbocycles. The van der Waals surface area contributed by atoms with Gasteiger partial charge in [-0.3, -0.25) is 20.2 Å². The van der Waals surface area contributed by atoms with E-state index in [0.29, 0.717) is 16.9 Å². The van der Waals surface area contributed by atoms with Gasteiger partial charge < -0.3 is 14.2 Å². The number of rotatable bonds is 5. The third kappa shape index (κ3) is 4.58. The van der Waals surface area contributed by atoms with Crippen molar-refractivity contribution in [3.05, 3.63) is 59.2 Å². The van der Waals surface area contributed by atoms with Gasteiger partial charge in [0.2, 0.25) is 0 Å². The molecule has 8 nitrogen and oxygen atoms in total. The highest BCUT2D eigenvalue weighted by molar-refractivity contribution is 7.80. The van der Waals surface area contributed by atoms with Crippen LogP contribution in [0.25, 0.3) is 6.08 Å². The minimum absolute atomic E-state index is 0.0458. The van der Waals surface area contributed by atoms with Gasteiger partial charge in [0.05, 0.1) is 19.8 Å². The topological polar surface area (TPSA) is 103 Å². The third-order valence-electron chi connectivity index (χ3n) is 3.97. The Bertz CT molecular complexity index is 1010. The molecule has 2 aromatic rings. The second-order valence-corrected chi connectivity index (χ2v) is 6.23. The number of methoxy groups -OCH3 is 2. The van der Waals surface area contributed by atoms with Gasteiger partial charge in [-0.2, -0.15) is 0 Å².